The summed E-state index contributed by atoms with van der Waals surface area (Å²) in [5, 5.41) is 9.66. The fourth-order valence-corrected chi connectivity index (χ4v) is 2.64. The monoisotopic (exact) mass is 303 g/mol. The van der Waals surface area contributed by atoms with Crippen molar-refractivity contribution in [3.8, 4) is 11.1 Å². The van der Waals surface area contributed by atoms with Crippen LogP contribution in [0.4, 0.5) is 16.2 Å². The zero-order valence-electron chi connectivity index (χ0n) is 12.8. The summed E-state index contributed by atoms with van der Waals surface area (Å²) < 4.78 is 0. The maximum atomic E-state index is 11.8. The molecule has 0 aliphatic rings. The van der Waals surface area contributed by atoms with Gasteiger partial charge in [-0.2, -0.15) is 0 Å². The summed E-state index contributed by atoms with van der Waals surface area (Å²) in [5.41, 5.74) is 4.36. The van der Waals surface area contributed by atoms with Gasteiger partial charge in [0.15, 0.2) is 0 Å². The van der Waals surface area contributed by atoms with E-state index in [-0.39, 0.29) is 0 Å². The predicted molar refractivity (Wildman–Crippen MR) is 93.2 cm³/mol. The minimum Gasteiger partial charge on any atom is -0.464 e. The zero-order chi connectivity index (χ0) is 16.2. The first-order valence-electron chi connectivity index (χ1n) is 7.40. The van der Waals surface area contributed by atoms with Crippen LogP contribution in [0, 0.1) is 6.92 Å². The highest BCUT2D eigenvalue weighted by Crippen LogP contribution is 2.31. The summed E-state index contributed by atoms with van der Waals surface area (Å²) in [6.45, 7) is 1.97. The topological polar surface area (TPSA) is 40.5 Å². The van der Waals surface area contributed by atoms with E-state index in [0.717, 1.165) is 16.7 Å². The molecule has 3 aromatic carbocycles. The van der Waals surface area contributed by atoms with Gasteiger partial charge in [-0.25, -0.2) is 9.69 Å². The van der Waals surface area contributed by atoms with Crippen LogP contribution >= 0.6 is 0 Å². The predicted octanol–water partition coefficient (Wildman–Crippen LogP) is 5.48. The van der Waals surface area contributed by atoms with Crippen LogP contribution in [0.25, 0.3) is 11.1 Å². The highest BCUT2D eigenvalue weighted by atomic mass is 16.4. The first kappa shape index (κ1) is 14.9. The van der Waals surface area contributed by atoms with E-state index in [1.165, 1.54) is 4.90 Å². The third-order valence-corrected chi connectivity index (χ3v) is 3.63. The molecular weight excluding hydrogens is 286 g/mol. The highest BCUT2D eigenvalue weighted by molar-refractivity contribution is 5.95. The maximum Gasteiger partial charge on any atom is 0.416 e. The number of rotatable bonds is 3. The number of benzene rings is 3. The summed E-state index contributed by atoms with van der Waals surface area (Å²) in [7, 11) is 0. The number of nitrogens with zero attached hydrogens (tertiary/aromatic N) is 1. The molecule has 0 aromatic heterocycles. The Bertz CT molecular complexity index is 814. The molecule has 0 radical (unpaired) electrons. The van der Waals surface area contributed by atoms with Gasteiger partial charge in [0.2, 0.25) is 0 Å². The molecule has 3 rings (SSSR count). The van der Waals surface area contributed by atoms with Gasteiger partial charge in [0.25, 0.3) is 0 Å². The first-order valence-corrected chi connectivity index (χ1v) is 7.40. The van der Waals surface area contributed by atoms with Crippen molar-refractivity contribution in [3.05, 3.63) is 84.4 Å². The normalized spacial score (nSPS) is 10.3. The van der Waals surface area contributed by atoms with Crippen LogP contribution < -0.4 is 4.90 Å². The van der Waals surface area contributed by atoms with Gasteiger partial charge in [-0.15, -0.1) is 0 Å². The van der Waals surface area contributed by atoms with E-state index in [2.05, 4.69) is 6.07 Å². The molecule has 0 unspecified atom stereocenters. The molecule has 0 spiro atoms. The SMILES string of the molecule is Cc1cc(-c2ccccc2)cc(N(C(=O)O)c2ccccc2)c1. The van der Waals surface area contributed by atoms with Crippen LogP contribution in [0.15, 0.2) is 78.9 Å². The van der Waals surface area contributed by atoms with Gasteiger partial charge in [0.05, 0.1) is 11.4 Å². The lowest BCUT2D eigenvalue weighted by molar-refractivity contribution is 0.205. The van der Waals surface area contributed by atoms with Crippen molar-refractivity contribution in [1.82, 2.24) is 0 Å². The van der Waals surface area contributed by atoms with Gasteiger partial charge in [-0.05, 0) is 47.9 Å². The van der Waals surface area contributed by atoms with Gasteiger partial charge >= 0.3 is 6.09 Å². The Kier molecular flexibility index (Phi) is 4.11. The van der Waals surface area contributed by atoms with Crippen molar-refractivity contribution < 1.29 is 9.90 Å². The van der Waals surface area contributed by atoms with Crippen molar-refractivity contribution in [2.45, 2.75) is 6.92 Å². The summed E-state index contributed by atoms with van der Waals surface area (Å²) in [4.78, 5) is 13.1. The molecule has 0 fully saturated rings. The molecule has 3 heteroatoms. The Labute approximate surface area is 135 Å². The Hall–Kier alpha value is -3.07. The van der Waals surface area contributed by atoms with Gasteiger partial charge in [0.1, 0.15) is 0 Å². The highest BCUT2D eigenvalue weighted by Gasteiger charge is 2.17. The molecule has 0 atom stereocenters. The van der Waals surface area contributed by atoms with E-state index >= 15 is 0 Å². The van der Waals surface area contributed by atoms with Crippen LogP contribution in [-0.4, -0.2) is 11.2 Å². The largest absolute Gasteiger partial charge is 0.464 e. The second kappa shape index (κ2) is 6.36. The summed E-state index contributed by atoms with van der Waals surface area (Å²) in [6.07, 6.45) is -0.999. The Morgan fingerprint density at radius 3 is 2.00 bits per heavy atom. The van der Waals surface area contributed by atoms with Crippen LogP contribution in [0.1, 0.15) is 5.56 Å². The van der Waals surface area contributed by atoms with Crippen molar-refractivity contribution in [2.75, 3.05) is 4.90 Å². The lowest BCUT2D eigenvalue weighted by Crippen LogP contribution is -2.23. The number of amides is 1. The van der Waals surface area contributed by atoms with Gasteiger partial charge in [0, 0.05) is 0 Å². The van der Waals surface area contributed by atoms with E-state index in [1.807, 2.05) is 67.6 Å². The molecule has 0 aliphatic carbocycles. The maximum absolute atomic E-state index is 11.8. The number of carbonyl (C=O) groups is 1. The van der Waals surface area contributed by atoms with Crippen LogP contribution in [-0.2, 0) is 0 Å². The summed E-state index contributed by atoms with van der Waals surface area (Å²) in [6, 6.07) is 24.9. The van der Waals surface area contributed by atoms with Gasteiger partial charge in [-0.1, -0.05) is 54.6 Å². The summed E-state index contributed by atoms with van der Waals surface area (Å²) in [5.74, 6) is 0. The van der Waals surface area contributed by atoms with Crippen molar-refractivity contribution in [2.24, 2.45) is 0 Å². The second-order valence-electron chi connectivity index (χ2n) is 5.38. The Balaban J connectivity index is 2.11. The van der Waals surface area contributed by atoms with Crippen LogP contribution in [0.2, 0.25) is 0 Å². The standard InChI is InChI=1S/C20H17NO2/c1-15-12-17(16-8-4-2-5-9-16)14-19(13-15)21(20(22)23)18-10-6-3-7-11-18/h2-14H,1H3,(H,22,23). The lowest BCUT2D eigenvalue weighted by atomic mass is 10.0. The Morgan fingerprint density at radius 1 is 0.783 bits per heavy atom. The fraction of sp³-hybridized carbons (Fsp3) is 0.0500. The van der Waals surface area contributed by atoms with Crippen molar-refractivity contribution in [3.63, 3.8) is 0 Å². The first-order chi connectivity index (χ1) is 11.1. The zero-order valence-corrected chi connectivity index (χ0v) is 12.8. The van der Waals surface area contributed by atoms with Crippen LogP contribution in [0.3, 0.4) is 0 Å². The third-order valence-electron chi connectivity index (χ3n) is 3.63. The van der Waals surface area contributed by atoms with Crippen molar-refractivity contribution in [1.29, 1.82) is 0 Å². The van der Waals surface area contributed by atoms with E-state index < -0.39 is 6.09 Å². The average Bonchev–Trinajstić information content (AvgIpc) is 2.56. The minimum atomic E-state index is -0.999. The molecule has 0 bridgehead atoms. The number of carboxylic acid groups (broad SMARTS) is 1. The molecule has 3 aromatic rings. The third kappa shape index (κ3) is 3.24. The quantitative estimate of drug-likeness (QED) is 0.696. The minimum absolute atomic E-state index is 0.629. The second-order valence-corrected chi connectivity index (χ2v) is 5.38. The molecule has 0 heterocycles. The Morgan fingerprint density at radius 2 is 1.39 bits per heavy atom. The fourth-order valence-electron chi connectivity index (χ4n) is 2.64. The molecule has 1 amide bonds. The smallest absolute Gasteiger partial charge is 0.416 e. The number of hydrogen-bond donors (Lipinski definition) is 1. The molecule has 3 nitrogen and oxygen atoms in total. The van der Waals surface area contributed by atoms with E-state index in [4.69, 9.17) is 0 Å². The van der Waals surface area contributed by atoms with Crippen molar-refractivity contribution >= 4 is 17.5 Å². The molecule has 114 valence electrons. The molecule has 23 heavy (non-hydrogen) atoms. The lowest BCUT2D eigenvalue weighted by Gasteiger charge is -2.21. The number of para-hydroxylation sites is 1. The molecule has 0 saturated heterocycles. The van der Waals surface area contributed by atoms with E-state index in [1.54, 1.807) is 12.1 Å². The number of hydrogen-bond acceptors (Lipinski definition) is 1. The van der Waals surface area contributed by atoms with E-state index in [9.17, 15) is 9.90 Å². The average molecular weight is 303 g/mol. The molecule has 0 saturated carbocycles. The van der Waals surface area contributed by atoms with Gasteiger partial charge < -0.3 is 5.11 Å². The summed E-state index contributed by atoms with van der Waals surface area (Å²) >= 11 is 0. The van der Waals surface area contributed by atoms with Gasteiger partial charge in [-0.3, -0.25) is 0 Å². The molecule has 1 N–H and O–H groups in total. The van der Waals surface area contributed by atoms with Crippen LogP contribution in [0.5, 0.6) is 0 Å². The van der Waals surface area contributed by atoms with E-state index in [0.29, 0.717) is 11.4 Å². The molecular formula is C20H17NO2. The number of anilines is 2. The molecule has 0 aliphatic heterocycles. The number of aryl methyl sites for hydroxylation is 1.